The summed E-state index contributed by atoms with van der Waals surface area (Å²) in [4.78, 5) is 22.8. The van der Waals surface area contributed by atoms with Gasteiger partial charge in [-0.05, 0) is 13.8 Å². The van der Waals surface area contributed by atoms with Crippen molar-refractivity contribution < 1.29 is 23.8 Å². The lowest BCUT2D eigenvalue weighted by Crippen LogP contribution is -2.41. The Morgan fingerprint density at radius 3 is 2.88 bits per heavy atom. The van der Waals surface area contributed by atoms with E-state index in [2.05, 4.69) is 5.32 Å². The third kappa shape index (κ3) is 3.45. The van der Waals surface area contributed by atoms with E-state index in [1.54, 1.807) is 13.8 Å². The average Bonchev–Trinajstić information content (AvgIpc) is 2.30. The van der Waals surface area contributed by atoms with Crippen LogP contribution in [0.25, 0.3) is 0 Å². The van der Waals surface area contributed by atoms with Crippen molar-refractivity contribution in [3.63, 3.8) is 0 Å². The number of carbonyl (C=O) groups is 2. The summed E-state index contributed by atoms with van der Waals surface area (Å²) >= 11 is 0. The minimum absolute atomic E-state index is 0.0717. The van der Waals surface area contributed by atoms with E-state index in [-0.39, 0.29) is 12.4 Å². The van der Waals surface area contributed by atoms with Gasteiger partial charge in [0.05, 0.1) is 6.61 Å². The van der Waals surface area contributed by atoms with E-state index in [9.17, 15) is 9.59 Å². The third-order valence-electron chi connectivity index (χ3n) is 1.86. The molecule has 0 aromatic carbocycles. The zero-order valence-electron chi connectivity index (χ0n) is 9.32. The summed E-state index contributed by atoms with van der Waals surface area (Å²) in [5, 5.41) is 2.45. The Morgan fingerprint density at radius 1 is 1.56 bits per heavy atom. The van der Waals surface area contributed by atoms with E-state index in [0.29, 0.717) is 13.2 Å². The van der Waals surface area contributed by atoms with Crippen LogP contribution in [-0.4, -0.2) is 37.7 Å². The molecular weight excluding hydrogens is 214 g/mol. The first-order chi connectivity index (χ1) is 7.65. The fourth-order valence-electron chi connectivity index (χ4n) is 1.08. The van der Waals surface area contributed by atoms with E-state index >= 15 is 0 Å². The van der Waals surface area contributed by atoms with E-state index in [4.69, 9.17) is 14.2 Å². The number of rotatable bonds is 4. The van der Waals surface area contributed by atoms with Gasteiger partial charge in [-0.3, -0.25) is 4.79 Å². The summed E-state index contributed by atoms with van der Waals surface area (Å²) in [6, 6.07) is -0.709. The molecule has 0 fully saturated rings. The molecule has 0 aromatic heterocycles. The summed E-state index contributed by atoms with van der Waals surface area (Å²) in [5.41, 5.74) is 0. The minimum atomic E-state index is -0.709. The molecule has 6 nitrogen and oxygen atoms in total. The molecule has 16 heavy (non-hydrogen) atoms. The Balaban J connectivity index is 2.44. The lowest BCUT2D eigenvalue weighted by molar-refractivity contribution is -0.146. The molecule has 1 rings (SSSR count). The first-order valence-electron chi connectivity index (χ1n) is 5.07. The molecule has 0 aliphatic carbocycles. The third-order valence-corrected chi connectivity index (χ3v) is 1.86. The number of nitrogens with one attached hydrogen (secondary N) is 1. The maximum absolute atomic E-state index is 11.5. The van der Waals surface area contributed by atoms with E-state index in [0.717, 1.165) is 0 Å². The maximum atomic E-state index is 11.5. The summed E-state index contributed by atoms with van der Waals surface area (Å²) in [6.07, 6.45) is 1.23. The first-order valence-corrected chi connectivity index (χ1v) is 5.07. The van der Waals surface area contributed by atoms with Gasteiger partial charge in [-0.25, -0.2) is 4.79 Å². The summed E-state index contributed by atoms with van der Waals surface area (Å²) in [6.45, 7) is 4.27. The van der Waals surface area contributed by atoms with E-state index in [1.807, 2.05) is 0 Å². The summed E-state index contributed by atoms with van der Waals surface area (Å²) in [5.74, 6) is -0.893. The molecule has 0 aromatic rings. The molecular formula is C10H15NO5. The Bertz CT molecular complexity index is 300. The van der Waals surface area contributed by atoms with Crippen LogP contribution in [0, 0.1) is 0 Å². The Labute approximate surface area is 93.5 Å². The van der Waals surface area contributed by atoms with Gasteiger partial charge in [0.2, 0.25) is 5.76 Å². The molecule has 1 unspecified atom stereocenters. The van der Waals surface area contributed by atoms with Gasteiger partial charge in [-0.15, -0.1) is 0 Å². The second-order valence-corrected chi connectivity index (χ2v) is 3.15. The molecule has 0 saturated carbocycles. The molecule has 0 saturated heterocycles. The zero-order valence-corrected chi connectivity index (χ0v) is 9.32. The van der Waals surface area contributed by atoms with Gasteiger partial charge in [0.1, 0.15) is 25.5 Å². The van der Waals surface area contributed by atoms with Crippen molar-refractivity contribution in [3.8, 4) is 0 Å². The number of carbonyl (C=O) groups excluding carboxylic acids is 2. The van der Waals surface area contributed by atoms with Crippen LogP contribution >= 0.6 is 0 Å². The number of amides is 1. The molecule has 1 amide bonds. The van der Waals surface area contributed by atoms with E-state index in [1.165, 1.54) is 6.26 Å². The fraction of sp³-hybridized carbons (Fsp3) is 0.600. The Morgan fingerprint density at radius 2 is 2.31 bits per heavy atom. The quantitative estimate of drug-likeness (QED) is 0.684. The van der Waals surface area contributed by atoms with Crippen molar-refractivity contribution in [2.24, 2.45) is 0 Å². The number of esters is 1. The highest BCUT2D eigenvalue weighted by Gasteiger charge is 2.21. The Kier molecular flexibility index (Phi) is 4.63. The van der Waals surface area contributed by atoms with Crippen molar-refractivity contribution in [2.45, 2.75) is 19.9 Å². The average molecular weight is 229 g/mol. The van der Waals surface area contributed by atoms with Crippen LogP contribution in [-0.2, 0) is 23.8 Å². The minimum Gasteiger partial charge on any atom is -0.494 e. The number of ether oxygens (including phenoxy) is 3. The molecule has 1 N–H and O–H groups in total. The number of hydrogen-bond acceptors (Lipinski definition) is 5. The highest BCUT2D eigenvalue weighted by Crippen LogP contribution is 2.04. The SMILES string of the molecule is CCOC(=O)C(C)NC(=O)C1=COCCO1. The molecule has 0 spiro atoms. The molecule has 1 aliphatic rings. The Hall–Kier alpha value is -1.72. The molecule has 6 heteroatoms. The fourth-order valence-corrected chi connectivity index (χ4v) is 1.08. The molecule has 0 bridgehead atoms. The van der Waals surface area contributed by atoms with Crippen LogP contribution in [0.5, 0.6) is 0 Å². The first kappa shape index (κ1) is 12.4. The smallest absolute Gasteiger partial charge is 0.328 e. The van der Waals surface area contributed by atoms with Crippen LogP contribution in [0.4, 0.5) is 0 Å². The lowest BCUT2D eigenvalue weighted by atomic mass is 10.3. The zero-order chi connectivity index (χ0) is 12.0. The van der Waals surface area contributed by atoms with Crippen LogP contribution in [0.15, 0.2) is 12.0 Å². The van der Waals surface area contributed by atoms with E-state index < -0.39 is 17.9 Å². The van der Waals surface area contributed by atoms with Crippen molar-refractivity contribution in [2.75, 3.05) is 19.8 Å². The molecule has 0 radical (unpaired) electrons. The van der Waals surface area contributed by atoms with Gasteiger partial charge in [0.25, 0.3) is 5.91 Å². The largest absolute Gasteiger partial charge is 0.494 e. The normalized spacial score (nSPS) is 16.2. The highest BCUT2D eigenvalue weighted by molar-refractivity contribution is 5.94. The lowest BCUT2D eigenvalue weighted by Gasteiger charge is -2.17. The molecule has 1 atom stereocenters. The second kappa shape index (κ2) is 5.99. The predicted molar refractivity (Wildman–Crippen MR) is 54.2 cm³/mol. The monoisotopic (exact) mass is 229 g/mol. The molecule has 1 aliphatic heterocycles. The van der Waals surface area contributed by atoms with Crippen LogP contribution in [0.1, 0.15) is 13.8 Å². The van der Waals surface area contributed by atoms with Gasteiger partial charge in [-0.1, -0.05) is 0 Å². The van der Waals surface area contributed by atoms with Gasteiger partial charge >= 0.3 is 5.97 Å². The molecule has 90 valence electrons. The molecule has 1 heterocycles. The summed E-state index contributed by atoms with van der Waals surface area (Å²) < 4.78 is 14.7. The van der Waals surface area contributed by atoms with Gasteiger partial charge in [0.15, 0.2) is 0 Å². The van der Waals surface area contributed by atoms with Crippen LogP contribution in [0.2, 0.25) is 0 Å². The topological polar surface area (TPSA) is 73.9 Å². The standard InChI is InChI=1S/C10H15NO5/c1-3-15-10(13)7(2)11-9(12)8-6-14-4-5-16-8/h6-7H,3-5H2,1-2H3,(H,11,12). The van der Waals surface area contributed by atoms with Gasteiger partial charge in [0, 0.05) is 0 Å². The predicted octanol–water partition coefficient (Wildman–Crippen LogP) is -0.0576. The van der Waals surface area contributed by atoms with Crippen LogP contribution < -0.4 is 5.32 Å². The van der Waals surface area contributed by atoms with Crippen molar-refractivity contribution >= 4 is 11.9 Å². The highest BCUT2D eigenvalue weighted by atomic mass is 16.6. The summed E-state index contributed by atoms with van der Waals surface area (Å²) in [7, 11) is 0. The van der Waals surface area contributed by atoms with Gasteiger partial charge in [-0.2, -0.15) is 0 Å². The van der Waals surface area contributed by atoms with Crippen molar-refractivity contribution in [3.05, 3.63) is 12.0 Å². The number of hydrogen-bond donors (Lipinski definition) is 1. The maximum Gasteiger partial charge on any atom is 0.328 e. The van der Waals surface area contributed by atoms with Crippen LogP contribution in [0.3, 0.4) is 0 Å². The van der Waals surface area contributed by atoms with Gasteiger partial charge < -0.3 is 19.5 Å². The second-order valence-electron chi connectivity index (χ2n) is 3.15. The van der Waals surface area contributed by atoms with Crippen molar-refractivity contribution in [1.29, 1.82) is 0 Å². The van der Waals surface area contributed by atoms with Crippen molar-refractivity contribution in [1.82, 2.24) is 5.32 Å².